The normalized spacial score (nSPS) is 11.8. The fourth-order valence-corrected chi connectivity index (χ4v) is 2.70. The van der Waals surface area contributed by atoms with Crippen LogP contribution in [0.15, 0.2) is 42.5 Å². The Bertz CT molecular complexity index is 692. The summed E-state index contributed by atoms with van der Waals surface area (Å²) in [6, 6.07) is 12.5. The summed E-state index contributed by atoms with van der Waals surface area (Å²) in [6.45, 7) is 1.30. The summed E-state index contributed by atoms with van der Waals surface area (Å²) in [5.74, 6) is 0.564. The molecule has 6 heteroatoms. The molecule has 0 fully saturated rings. The van der Waals surface area contributed by atoms with Crippen molar-refractivity contribution in [3.63, 3.8) is 0 Å². The molecule has 2 rings (SSSR count). The minimum atomic E-state index is -0.932. The smallest absolute Gasteiger partial charge is 0.335 e. The predicted molar refractivity (Wildman–Crippen MR) is 98.9 cm³/mol. The maximum atomic E-state index is 10.9. The van der Waals surface area contributed by atoms with Crippen LogP contribution in [-0.4, -0.2) is 43.6 Å². The van der Waals surface area contributed by atoms with Crippen LogP contribution in [0.25, 0.3) is 0 Å². The number of benzene rings is 2. The highest BCUT2D eigenvalue weighted by Gasteiger charge is 2.11. The van der Waals surface area contributed by atoms with E-state index in [4.69, 9.17) is 14.6 Å². The highest BCUT2D eigenvalue weighted by molar-refractivity contribution is 5.87. The number of aromatic carboxylic acids is 1. The number of rotatable bonds is 10. The Morgan fingerprint density at radius 2 is 1.65 bits per heavy atom. The molecule has 0 aliphatic heterocycles. The van der Waals surface area contributed by atoms with E-state index in [0.717, 1.165) is 22.6 Å². The first-order chi connectivity index (χ1) is 12.5. The second-order valence-electron chi connectivity index (χ2n) is 6.11. The number of methoxy groups -OCH3 is 2. The number of carboxylic acids is 1. The van der Waals surface area contributed by atoms with Gasteiger partial charge >= 0.3 is 5.97 Å². The molecule has 2 aromatic rings. The first-order valence-corrected chi connectivity index (χ1v) is 8.41. The lowest BCUT2D eigenvalue weighted by Crippen LogP contribution is -2.26. The topological polar surface area (TPSA) is 88.0 Å². The molecule has 0 aromatic heterocycles. The number of nitrogens with one attached hydrogen (secondary N) is 1. The van der Waals surface area contributed by atoms with Gasteiger partial charge in [0.2, 0.25) is 0 Å². The molecule has 0 heterocycles. The number of hydrogen-bond acceptors (Lipinski definition) is 5. The van der Waals surface area contributed by atoms with Gasteiger partial charge in [-0.15, -0.1) is 0 Å². The predicted octanol–water partition coefficient (Wildman–Crippen LogP) is 2.34. The van der Waals surface area contributed by atoms with Crippen molar-refractivity contribution in [3.05, 3.63) is 59.2 Å². The van der Waals surface area contributed by atoms with Gasteiger partial charge in [0.25, 0.3) is 0 Å². The van der Waals surface area contributed by atoms with Crippen LogP contribution in [0.3, 0.4) is 0 Å². The van der Waals surface area contributed by atoms with Gasteiger partial charge in [0.1, 0.15) is 11.5 Å². The van der Waals surface area contributed by atoms with E-state index in [1.165, 1.54) is 0 Å². The van der Waals surface area contributed by atoms with E-state index < -0.39 is 5.97 Å². The number of carbonyl (C=O) groups is 1. The Morgan fingerprint density at radius 3 is 2.15 bits per heavy atom. The lowest BCUT2D eigenvalue weighted by molar-refractivity contribution is 0.0697. The van der Waals surface area contributed by atoms with E-state index >= 15 is 0 Å². The molecule has 0 spiro atoms. The molecule has 3 N–H and O–H groups in total. The zero-order valence-corrected chi connectivity index (χ0v) is 15.1. The Hall–Kier alpha value is -2.57. The third kappa shape index (κ3) is 5.75. The van der Waals surface area contributed by atoms with E-state index in [0.29, 0.717) is 19.5 Å². The van der Waals surface area contributed by atoms with Crippen LogP contribution in [0.1, 0.15) is 21.5 Å². The molecule has 0 aliphatic carbocycles. The third-order valence-electron chi connectivity index (χ3n) is 4.16. The quantitative estimate of drug-likeness (QED) is 0.603. The summed E-state index contributed by atoms with van der Waals surface area (Å²) in [5.41, 5.74) is 2.30. The molecule has 2 aromatic carbocycles. The Morgan fingerprint density at radius 1 is 1.04 bits per heavy atom. The molecular weight excluding hydrogens is 334 g/mol. The minimum Gasteiger partial charge on any atom is -0.497 e. The number of aliphatic hydroxyl groups excluding tert-OH is 1. The van der Waals surface area contributed by atoms with Crippen LogP contribution in [0, 0.1) is 5.92 Å². The van der Waals surface area contributed by atoms with Gasteiger partial charge in [-0.2, -0.15) is 0 Å². The van der Waals surface area contributed by atoms with Crippen LogP contribution in [0.5, 0.6) is 11.5 Å². The van der Waals surface area contributed by atoms with Crippen molar-refractivity contribution in [1.82, 2.24) is 5.32 Å². The van der Waals surface area contributed by atoms with Gasteiger partial charge in [0.05, 0.1) is 19.8 Å². The highest BCUT2D eigenvalue weighted by Crippen LogP contribution is 2.24. The average molecular weight is 359 g/mol. The minimum absolute atomic E-state index is 0.0464. The molecule has 140 valence electrons. The molecule has 6 nitrogen and oxygen atoms in total. The molecule has 0 aliphatic rings. The van der Waals surface area contributed by atoms with Crippen molar-refractivity contribution in [2.45, 2.75) is 13.0 Å². The van der Waals surface area contributed by atoms with Crippen LogP contribution >= 0.6 is 0 Å². The standard InChI is InChI=1S/C20H25NO5/c1-25-18-8-15(9-19(10-18)26-2)7-16(13-22)12-21-11-14-3-5-17(6-4-14)20(23)24/h3-6,8-10,16,21-22H,7,11-13H2,1-2H3,(H,23,24). The van der Waals surface area contributed by atoms with Crippen LogP contribution < -0.4 is 14.8 Å². The van der Waals surface area contributed by atoms with Crippen LogP contribution in [0.4, 0.5) is 0 Å². The lowest BCUT2D eigenvalue weighted by Gasteiger charge is -2.16. The van der Waals surface area contributed by atoms with E-state index in [1.807, 2.05) is 18.2 Å². The van der Waals surface area contributed by atoms with Gasteiger partial charge in [-0.05, 0) is 47.7 Å². The third-order valence-corrected chi connectivity index (χ3v) is 4.16. The Labute approximate surface area is 153 Å². The molecule has 0 saturated heterocycles. The summed E-state index contributed by atoms with van der Waals surface area (Å²) in [7, 11) is 3.22. The van der Waals surface area contributed by atoms with E-state index in [1.54, 1.807) is 38.5 Å². The van der Waals surface area contributed by atoms with Gasteiger partial charge in [0.15, 0.2) is 0 Å². The fraction of sp³-hybridized carbons (Fsp3) is 0.350. The molecule has 0 radical (unpaired) electrons. The van der Waals surface area contributed by atoms with Crippen molar-refractivity contribution in [2.75, 3.05) is 27.4 Å². The number of aliphatic hydroxyl groups is 1. The Balaban J connectivity index is 1.90. The van der Waals surface area contributed by atoms with Crippen molar-refractivity contribution < 1.29 is 24.5 Å². The first-order valence-electron chi connectivity index (χ1n) is 8.41. The molecule has 26 heavy (non-hydrogen) atoms. The summed E-state index contributed by atoms with van der Waals surface area (Å²) in [5, 5.41) is 21.9. The molecular formula is C20H25NO5. The zero-order chi connectivity index (χ0) is 18.9. The average Bonchev–Trinajstić information content (AvgIpc) is 2.67. The summed E-state index contributed by atoms with van der Waals surface area (Å²) in [6.07, 6.45) is 0.689. The highest BCUT2D eigenvalue weighted by atomic mass is 16.5. The molecule has 1 unspecified atom stereocenters. The van der Waals surface area contributed by atoms with Crippen molar-refractivity contribution >= 4 is 5.97 Å². The van der Waals surface area contributed by atoms with E-state index in [2.05, 4.69) is 5.32 Å². The molecule has 0 bridgehead atoms. The largest absolute Gasteiger partial charge is 0.497 e. The van der Waals surface area contributed by atoms with E-state index in [-0.39, 0.29) is 18.1 Å². The van der Waals surface area contributed by atoms with Crippen molar-refractivity contribution in [3.8, 4) is 11.5 Å². The zero-order valence-electron chi connectivity index (χ0n) is 15.1. The van der Waals surface area contributed by atoms with Gasteiger partial charge in [-0.1, -0.05) is 12.1 Å². The molecule has 0 amide bonds. The molecule has 0 saturated carbocycles. The Kier molecular flexibility index (Phi) is 7.44. The van der Waals surface area contributed by atoms with Gasteiger partial charge in [0, 0.05) is 25.8 Å². The maximum Gasteiger partial charge on any atom is 0.335 e. The SMILES string of the molecule is COc1cc(CC(CO)CNCc2ccc(C(=O)O)cc2)cc(OC)c1. The lowest BCUT2D eigenvalue weighted by atomic mass is 9.99. The van der Waals surface area contributed by atoms with E-state index in [9.17, 15) is 9.90 Å². The van der Waals surface area contributed by atoms with Crippen LogP contribution in [-0.2, 0) is 13.0 Å². The second-order valence-corrected chi connectivity index (χ2v) is 6.11. The maximum absolute atomic E-state index is 10.9. The van der Waals surface area contributed by atoms with Crippen molar-refractivity contribution in [1.29, 1.82) is 0 Å². The monoisotopic (exact) mass is 359 g/mol. The molecule has 1 atom stereocenters. The van der Waals surface area contributed by atoms with Gasteiger partial charge in [-0.3, -0.25) is 0 Å². The fourth-order valence-electron chi connectivity index (χ4n) is 2.70. The summed E-state index contributed by atoms with van der Waals surface area (Å²) < 4.78 is 10.6. The van der Waals surface area contributed by atoms with Crippen molar-refractivity contribution in [2.24, 2.45) is 5.92 Å². The number of ether oxygens (including phenoxy) is 2. The van der Waals surface area contributed by atoms with Crippen LogP contribution in [0.2, 0.25) is 0 Å². The summed E-state index contributed by atoms with van der Waals surface area (Å²) in [4.78, 5) is 10.9. The van der Waals surface area contributed by atoms with Gasteiger partial charge < -0.3 is 25.0 Å². The first kappa shape index (κ1) is 19.8. The number of carboxylic acid groups (broad SMARTS) is 1. The summed E-state index contributed by atoms with van der Waals surface area (Å²) >= 11 is 0. The number of hydrogen-bond donors (Lipinski definition) is 3. The van der Waals surface area contributed by atoms with Gasteiger partial charge in [-0.25, -0.2) is 4.79 Å². The second kappa shape index (κ2) is 9.79.